The van der Waals surface area contributed by atoms with Gasteiger partial charge in [0.25, 0.3) is 0 Å². The highest BCUT2D eigenvalue weighted by Crippen LogP contribution is 2.34. The third kappa shape index (κ3) is 3.06. The van der Waals surface area contributed by atoms with E-state index in [0.717, 1.165) is 21.1 Å². The van der Waals surface area contributed by atoms with Crippen molar-refractivity contribution in [1.82, 2.24) is 20.4 Å². The number of aromatic amines is 1. The first-order valence-electron chi connectivity index (χ1n) is 6.42. The van der Waals surface area contributed by atoms with Gasteiger partial charge in [-0.1, -0.05) is 22.9 Å². The normalized spacial score (nSPS) is 11.0. The number of nitrogens with zero attached hydrogens (tertiary/aromatic N) is 3. The zero-order chi connectivity index (χ0) is 14.8. The molecule has 3 aromatic rings. The SMILES string of the molecule is CC(C)Oc1ccc(-c2nnc(-c3cn[nH]c3)s2)cc1Cl. The standard InChI is InChI=1S/C14H13ClN4OS/c1-8(2)20-12-4-3-9(5-11(12)15)13-18-19-14(21-13)10-6-16-17-7-10/h3-8H,1-2H3,(H,16,17). The maximum atomic E-state index is 6.25. The maximum Gasteiger partial charge on any atom is 0.151 e. The van der Waals surface area contributed by atoms with Crippen molar-refractivity contribution in [2.75, 3.05) is 0 Å². The predicted molar refractivity (Wildman–Crippen MR) is 83.7 cm³/mol. The van der Waals surface area contributed by atoms with Crippen LogP contribution in [0.5, 0.6) is 5.75 Å². The molecule has 0 saturated heterocycles. The Morgan fingerprint density at radius 2 is 1.95 bits per heavy atom. The monoisotopic (exact) mass is 320 g/mol. The van der Waals surface area contributed by atoms with E-state index in [2.05, 4.69) is 20.4 Å². The fourth-order valence-corrected chi connectivity index (χ4v) is 2.85. The van der Waals surface area contributed by atoms with Crippen LogP contribution in [0.25, 0.3) is 21.1 Å². The summed E-state index contributed by atoms with van der Waals surface area (Å²) in [7, 11) is 0. The fourth-order valence-electron chi connectivity index (χ4n) is 1.81. The van der Waals surface area contributed by atoms with Crippen LogP contribution in [0.4, 0.5) is 0 Å². The van der Waals surface area contributed by atoms with E-state index in [9.17, 15) is 0 Å². The minimum Gasteiger partial charge on any atom is -0.489 e. The molecule has 0 bridgehead atoms. The molecule has 0 aliphatic heterocycles. The van der Waals surface area contributed by atoms with Crippen LogP contribution >= 0.6 is 22.9 Å². The highest BCUT2D eigenvalue weighted by molar-refractivity contribution is 7.17. The molecule has 0 saturated carbocycles. The summed E-state index contributed by atoms with van der Waals surface area (Å²) in [4.78, 5) is 0. The zero-order valence-electron chi connectivity index (χ0n) is 11.5. The summed E-state index contributed by atoms with van der Waals surface area (Å²) < 4.78 is 5.62. The summed E-state index contributed by atoms with van der Waals surface area (Å²) in [6.45, 7) is 3.93. The number of rotatable bonds is 4. The maximum absolute atomic E-state index is 6.25. The Morgan fingerprint density at radius 3 is 2.57 bits per heavy atom. The Kier molecular flexibility index (Phi) is 3.90. The average Bonchev–Trinajstić information content (AvgIpc) is 3.10. The largest absolute Gasteiger partial charge is 0.489 e. The van der Waals surface area contributed by atoms with E-state index in [1.165, 1.54) is 11.3 Å². The van der Waals surface area contributed by atoms with Crippen LogP contribution in [0.15, 0.2) is 30.6 Å². The van der Waals surface area contributed by atoms with Gasteiger partial charge in [-0.25, -0.2) is 0 Å². The van der Waals surface area contributed by atoms with Gasteiger partial charge < -0.3 is 4.74 Å². The van der Waals surface area contributed by atoms with Crippen molar-refractivity contribution in [3.8, 4) is 26.9 Å². The molecule has 0 atom stereocenters. The summed E-state index contributed by atoms with van der Waals surface area (Å²) in [6, 6.07) is 5.64. The molecule has 5 nitrogen and oxygen atoms in total. The van der Waals surface area contributed by atoms with Crippen molar-refractivity contribution >= 4 is 22.9 Å². The molecule has 0 aliphatic carbocycles. The predicted octanol–water partition coefficient (Wildman–Crippen LogP) is 4.04. The Morgan fingerprint density at radius 1 is 1.19 bits per heavy atom. The van der Waals surface area contributed by atoms with Crippen molar-refractivity contribution < 1.29 is 4.74 Å². The van der Waals surface area contributed by atoms with Crippen molar-refractivity contribution in [2.24, 2.45) is 0 Å². The first kappa shape index (κ1) is 14.0. The summed E-state index contributed by atoms with van der Waals surface area (Å²) in [5.74, 6) is 0.676. The Balaban J connectivity index is 1.89. The van der Waals surface area contributed by atoms with Gasteiger partial charge in [-0.15, -0.1) is 10.2 Å². The Hall–Kier alpha value is -1.92. The number of H-pyrrole nitrogens is 1. The Labute approximate surface area is 131 Å². The van der Waals surface area contributed by atoms with E-state index in [1.54, 1.807) is 12.4 Å². The van der Waals surface area contributed by atoms with Crippen molar-refractivity contribution in [2.45, 2.75) is 20.0 Å². The van der Waals surface area contributed by atoms with Gasteiger partial charge in [0.15, 0.2) is 5.01 Å². The fraction of sp³-hybridized carbons (Fsp3) is 0.214. The lowest BCUT2D eigenvalue weighted by molar-refractivity contribution is 0.242. The smallest absolute Gasteiger partial charge is 0.151 e. The number of aromatic nitrogens is 4. The summed E-state index contributed by atoms with van der Waals surface area (Å²) >= 11 is 7.74. The Bertz CT molecular complexity index is 739. The van der Waals surface area contributed by atoms with Gasteiger partial charge in [0, 0.05) is 11.8 Å². The van der Waals surface area contributed by atoms with Gasteiger partial charge in [-0.2, -0.15) is 5.10 Å². The van der Waals surface area contributed by atoms with Crippen molar-refractivity contribution in [1.29, 1.82) is 0 Å². The van der Waals surface area contributed by atoms with Crippen LogP contribution in [0.3, 0.4) is 0 Å². The first-order valence-corrected chi connectivity index (χ1v) is 7.62. The summed E-state index contributed by atoms with van der Waals surface area (Å²) in [5, 5.41) is 17.2. The van der Waals surface area contributed by atoms with Gasteiger partial charge in [-0.05, 0) is 32.0 Å². The quantitative estimate of drug-likeness (QED) is 0.788. The van der Waals surface area contributed by atoms with Gasteiger partial charge in [-0.3, -0.25) is 5.10 Å². The van der Waals surface area contributed by atoms with Gasteiger partial charge in [0.1, 0.15) is 10.8 Å². The lowest BCUT2D eigenvalue weighted by atomic mass is 10.2. The molecule has 3 rings (SSSR count). The minimum absolute atomic E-state index is 0.0857. The van der Waals surface area contributed by atoms with Crippen molar-refractivity contribution in [3.05, 3.63) is 35.6 Å². The molecule has 7 heteroatoms. The van der Waals surface area contributed by atoms with Crippen LogP contribution in [0, 0.1) is 0 Å². The van der Waals surface area contributed by atoms with Gasteiger partial charge >= 0.3 is 0 Å². The number of hydrogen-bond acceptors (Lipinski definition) is 5. The topological polar surface area (TPSA) is 63.7 Å². The van der Waals surface area contributed by atoms with Crippen LogP contribution in [0.1, 0.15) is 13.8 Å². The second-order valence-electron chi connectivity index (χ2n) is 4.71. The highest BCUT2D eigenvalue weighted by atomic mass is 35.5. The lowest BCUT2D eigenvalue weighted by Gasteiger charge is -2.11. The van der Waals surface area contributed by atoms with Gasteiger partial charge in [0.2, 0.25) is 0 Å². The third-order valence-electron chi connectivity index (χ3n) is 2.71. The highest BCUT2D eigenvalue weighted by Gasteiger charge is 2.12. The number of benzene rings is 1. The number of ether oxygens (including phenoxy) is 1. The number of hydrogen-bond donors (Lipinski definition) is 1. The van der Waals surface area contributed by atoms with E-state index in [4.69, 9.17) is 16.3 Å². The molecular weight excluding hydrogens is 308 g/mol. The second kappa shape index (κ2) is 5.83. The molecule has 21 heavy (non-hydrogen) atoms. The van der Waals surface area contributed by atoms with Crippen LogP contribution in [-0.4, -0.2) is 26.5 Å². The zero-order valence-corrected chi connectivity index (χ0v) is 13.1. The first-order chi connectivity index (χ1) is 10.1. The van der Waals surface area contributed by atoms with Crippen LogP contribution in [0.2, 0.25) is 5.02 Å². The summed E-state index contributed by atoms with van der Waals surface area (Å²) in [6.07, 6.45) is 3.59. The summed E-state index contributed by atoms with van der Waals surface area (Å²) in [5.41, 5.74) is 1.84. The molecule has 2 heterocycles. The van der Waals surface area contributed by atoms with Crippen LogP contribution < -0.4 is 4.74 Å². The van der Waals surface area contributed by atoms with E-state index in [1.807, 2.05) is 32.0 Å². The van der Waals surface area contributed by atoms with E-state index in [-0.39, 0.29) is 6.10 Å². The molecular formula is C14H13ClN4OS. The molecule has 0 aliphatic rings. The van der Waals surface area contributed by atoms with E-state index < -0.39 is 0 Å². The number of halogens is 1. The molecule has 1 aromatic carbocycles. The molecule has 0 amide bonds. The molecule has 2 aromatic heterocycles. The van der Waals surface area contributed by atoms with E-state index in [0.29, 0.717) is 10.8 Å². The van der Waals surface area contributed by atoms with E-state index >= 15 is 0 Å². The molecule has 0 spiro atoms. The second-order valence-corrected chi connectivity index (χ2v) is 6.10. The lowest BCUT2D eigenvalue weighted by Crippen LogP contribution is -2.05. The molecule has 1 N–H and O–H groups in total. The third-order valence-corrected chi connectivity index (χ3v) is 4.03. The average molecular weight is 321 g/mol. The molecule has 0 radical (unpaired) electrons. The van der Waals surface area contributed by atoms with Gasteiger partial charge in [0.05, 0.1) is 22.9 Å². The molecule has 108 valence electrons. The minimum atomic E-state index is 0.0857. The van der Waals surface area contributed by atoms with Crippen LogP contribution in [-0.2, 0) is 0 Å². The molecule has 0 fully saturated rings. The van der Waals surface area contributed by atoms with Crippen molar-refractivity contribution in [3.63, 3.8) is 0 Å². The number of nitrogens with one attached hydrogen (secondary N) is 1. The molecule has 0 unspecified atom stereocenters.